The highest BCUT2D eigenvalue weighted by molar-refractivity contribution is 6.25. The summed E-state index contributed by atoms with van der Waals surface area (Å²) in [6.07, 6.45) is 1.68. The summed E-state index contributed by atoms with van der Waals surface area (Å²) in [5.41, 5.74) is 7.88. The van der Waals surface area contributed by atoms with E-state index in [0.717, 1.165) is 5.69 Å². The number of rotatable bonds is 3. The molecule has 0 atom stereocenters. The fourth-order valence-corrected chi connectivity index (χ4v) is 0.933. The maximum atomic E-state index is 5.61. The average Bonchev–Trinajstić information content (AvgIpc) is 2.09. The van der Waals surface area contributed by atoms with E-state index in [0.29, 0.717) is 18.2 Å². The molecule has 0 spiro atoms. The van der Waals surface area contributed by atoms with E-state index in [1.54, 1.807) is 12.1 Å². The van der Waals surface area contributed by atoms with Crippen molar-refractivity contribution in [1.82, 2.24) is 4.98 Å². The Morgan fingerprint density at radius 1 is 1.62 bits per heavy atom. The van der Waals surface area contributed by atoms with Gasteiger partial charge in [0.15, 0.2) is 11.6 Å². The Labute approximate surface area is 82.2 Å². The molecule has 1 aromatic heterocycles. The Morgan fingerprint density at radius 3 is 3.00 bits per heavy atom. The summed E-state index contributed by atoms with van der Waals surface area (Å²) in [5, 5.41) is 0. The van der Waals surface area contributed by atoms with E-state index < -0.39 is 0 Å². The van der Waals surface area contributed by atoms with Crippen molar-refractivity contribution in [2.45, 2.75) is 6.92 Å². The van der Waals surface area contributed by atoms with Crippen LogP contribution < -0.4 is 10.5 Å². The van der Waals surface area contributed by atoms with E-state index in [9.17, 15) is 0 Å². The molecule has 0 aliphatic rings. The second-order valence-electron chi connectivity index (χ2n) is 2.51. The van der Waals surface area contributed by atoms with Crippen LogP contribution in [0, 0.1) is 6.92 Å². The number of halogens is 1. The van der Waals surface area contributed by atoms with Gasteiger partial charge < -0.3 is 10.5 Å². The van der Waals surface area contributed by atoms with Crippen molar-refractivity contribution in [3.63, 3.8) is 0 Å². The van der Waals surface area contributed by atoms with Crippen LogP contribution in [0.15, 0.2) is 23.7 Å². The number of anilines is 1. The monoisotopic (exact) mass is 198 g/mol. The Morgan fingerprint density at radius 2 is 2.38 bits per heavy atom. The molecule has 1 heterocycles. The summed E-state index contributed by atoms with van der Waals surface area (Å²) < 4.78 is 5.27. The minimum Gasteiger partial charge on any atom is -0.486 e. The molecule has 13 heavy (non-hydrogen) atoms. The zero-order valence-corrected chi connectivity index (χ0v) is 8.08. The van der Waals surface area contributed by atoms with Crippen LogP contribution in [0.1, 0.15) is 5.69 Å². The van der Waals surface area contributed by atoms with E-state index in [-0.39, 0.29) is 0 Å². The molecule has 2 N–H and O–H groups in total. The molecule has 0 fully saturated rings. The topological polar surface area (TPSA) is 48.1 Å². The van der Waals surface area contributed by atoms with Gasteiger partial charge in [0.25, 0.3) is 0 Å². The Kier molecular flexibility index (Phi) is 3.58. The van der Waals surface area contributed by atoms with Crippen LogP contribution >= 0.6 is 11.6 Å². The molecule has 1 rings (SSSR count). The quantitative estimate of drug-likeness (QED) is 0.809. The number of nitrogens with two attached hydrogens (primary N) is 1. The van der Waals surface area contributed by atoms with Crippen molar-refractivity contribution in [1.29, 1.82) is 0 Å². The van der Waals surface area contributed by atoms with Gasteiger partial charge in [-0.15, -0.1) is 0 Å². The van der Waals surface area contributed by atoms with Crippen LogP contribution in [-0.4, -0.2) is 11.6 Å². The molecule has 4 heteroatoms. The molecule has 0 saturated carbocycles. The van der Waals surface area contributed by atoms with E-state index in [1.165, 1.54) is 5.54 Å². The van der Waals surface area contributed by atoms with Gasteiger partial charge in [-0.2, -0.15) is 0 Å². The molecule has 3 nitrogen and oxygen atoms in total. The highest BCUT2D eigenvalue weighted by Gasteiger charge is 1.99. The van der Waals surface area contributed by atoms with E-state index >= 15 is 0 Å². The fourth-order valence-electron chi connectivity index (χ4n) is 0.860. The first-order chi connectivity index (χ1) is 6.24. The van der Waals surface area contributed by atoms with Crippen molar-refractivity contribution in [2.24, 2.45) is 0 Å². The highest BCUT2D eigenvalue weighted by Crippen LogP contribution is 2.18. The molecule has 70 valence electrons. The van der Waals surface area contributed by atoms with E-state index in [2.05, 4.69) is 4.98 Å². The predicted octanol–water partition coefficient (Wildman–Crippen LogP) is 2.10. The number of nitrogen functional groups attached to an aromatic ring is 1. The third-order valence-electron chi connectivity index (χ3n) is 1.45. The SMILES string of the molecule is Cc1ccc(OC/C=C/Cl)c(N)n1. The molecule has 0 radical (unpaired) electrons. The molecule has 0 aliphatic heterocycles. The summed E-state index contributed by atoms with van der Waals surface area (Å²) in [6, 6.07) is 3.63. The van der Waals surface area contributed by atoms with Gasteiger partial charge in [-0.05, 0) is 25.1 Å². The second kappa shape index (κ2) is 4.72. The van der Waals surface area contributed by atoms with Crippen molar-refractivity contribution in [3.8, 4) is 5.75 Å². The van der Waals surface area contributed by atoms with Crippen molar-refractivity contribution < 1.29 is 4.74 Å². The molecule has 0 amide bonds. The molecule has 0 aromatic carbocycles. The standard InChI is InChI=1S/C9H11ClN2O/c1-7-3-4-8(9(11)12-7)13-6-2-5-10/h2-5H,6H2,1H3,(H2,11,12)/b5-2+. The number of hydrogen-bond donors (Lipinski definition) is 1. The molecule has 0 unspecified atom stereocenters. The summed E-state index contributed by atoms with van der Waals surface area (Å²) in [7, 11) is 0. The molecular formula is C9H11ClN2O. The Balaban J connectivity index is 2.66. The first-order valence-electron chi connectivity index (χ1n) is 3.85. The van der Waals surface area contributed by atoms with Crippen LogP contribution in [0.3, 0.4) is 0 Å². The molecule has 1 aromatic rings. The predicted molar refractivity (Wildman–Crippen MR) is 53.9 cm³/mol. The Hall–Kier alpha value is -1.22. The van der Waals surface area contributed by atoms with Crippen molar-refractivity contribution in [3.05, 3.63) is 29.4 Å². The number of nitrogens with zero attached hydrogens (tertiary/aromatic N) is 1. The molecule has 0 bridgehead atoms. The fraction of sp³-hybridized carbons (Fsp3) is 0.222. The average molecular weight is 199 g/mol. The van der Waals surface area contributed by atoms with E-state index in [1.807, 2.05) is 13.0 Å². The van der Waals surface area contributed by atoms with Gasteiger partial charge in [0, 0.05) is 11.2 Å². The minimum absolute atomic E-state index is 0.401. The maximum Gasteiger partial charge on any atom is 0.166 e. The lowest BCUT2D eigenvalue weighted by molar-refractivity contribution is 0.363. The van der Waals surface area contributed by atoms with Crippen LogP contribution in [0.25, 0.3) is 0 Å². The van der Waals surface area contributed by atoms with Crippen LogP contribution in [-0.2, 0) is 0 Å². The number of pyridine rings is 1. The largest absolute Gasteiger partial charge is 0.486 e. The van der Waals surface area contributed by atoms with Gasteiger partial charge in [0.1, 0.15) is 6.61 Å². The van der Waals surface area contributed by atoms with Gasteiger partial charge in [0.2, 0.25) is 0 Å². The van der Waals surface area contributed by atoms with Gasteiger partial charge in [-0.1, -0.05) is 11.6 Å². The smallest absolute Gasteiger partial charge is 0.166 e. The van der Waals surface area contributed by atoms with Crippen molar-refractivity contribution in [2.75, 3.05) is 12.3 Å². The summed E-state index contributed by atoms with van der Waals surface area (Å²) in [6.45, 7) is 2.28. The first kappa shape index (κ1) is 9.86. The lowest BCUT2D eigenvalue weighted by atomic mass is 10.3. The Bertz CT molecular complexity index is 312. The third-order valence-corrected chi connectivity index (χ3v) is 1.63. The lowest BCUT2D eigenvalue weighted by Gasteiger charge is -2.05. The van der Waals surface area contributed by atoms with Gasteiger partial charge >= 0.3 is 0 Å². The summed E-state index contributed by atoms with van der Waals surface area (Å²) >= 11 is 5.33. The van der Waals surface area contributed by atoms with Crippen molar-refractivity contribution >= 4 is 17.4 Å². The molecular weight excluding hydrogens is 188 g/mol. The number of aryl methyl sites for hydroxylation is 1. The highest BCUT2D eigenvalue weighted by atomic mass is 35.5. The third kappa shape index (κ3) is 2.95. The normalized spacial score (nSPS) is 10.6. The second-order valence-corrected chi connectivity index (χ2v) is 2.76. The van der Waals surface area contributed by atoms with Gasteiger partial charge in [0.05, 0.1) is 0 Å². The zero-order valence-electron chi connectivity index (χ0n) is 7.33. The minimum atomic E-state index is 0.401. The van der Waals surface area contributed by atoms with Gasteiger partial charge in [-0.25, -0.2) is 4.98 Å². The lowest BCUT2D eigenvalue weighted by Crippen LogP contribution is -2.00. The maximum absolute atomic E-state index is 5.61. The molecule has 0 aliphatic carbocycles. The number of ether oxygens (including phenoxy) is 1. The van der Waals surface area contributed by atoms with E-state index in [4.69, 9.17) is 22.1 Å². The summed E-state index contributed by atoms with van der Waals surface area (Å²) in [4.78, 5) is 4.05. The van der Waals surface area contributed by atoms with Crippen LogP contribution in [0.2, 0.25) is 0 Å². The first-order valence-corrected chi connectivity index (χ1v) is 4.29. The van der Waals surface area contributed by atoms with Gasteiger partial charge in [-0.3, -0.25) is 0 Å². The summed E-state index contributed by atoms with van der Waals surface area (Å²) in [5.74, 6) is 0.989. The zero-order chi connectivity index (χ0) is 9.68. The number of hydrogen-bond acceptors (Lipinski definition) is 3. The van der Waals surface area contributed by atoms with Crippen LogP contribution in [0.5, 0.6) is 5.75 Å². The number of aromatic nitrogens is 1. The molecule has 0 saturated heterocycles. The van der Waals surface area contributed by atoms with Crippen LogP contribution in [0.4, 0.5) is 5.82 Å².